The van der Waals surface area contributed by atoms with Crippen LogP contribution in [0.25, 0.3) is 0 Å². The van der Waals surface area contributed by atoms with Gasteiger partial charge in [-0.05, 0) is 85.0 Å². The number of aliphatic carboxylic acids is 1. The lowest BCUT2D eigenvalue weighted by atomic mass is 9.80. The fourth-order valence-corrected chi connectivity index (χ4v) is 5.53. The highest BCUT2D eigenvalue weighted by molar-refractivity contribution is 5.94. The largest absolute Gasteiger partial charge is 0.481 e. The van der Waals surface area contributed by atoms with Gasteiger partial charge in [-0.15, -0.1) is 0 Å². The number of aryl methyl sites for hydroxylation is 2. The summed E-state index contributed by atoms with van der Waals surface area (Å²) in [6.07, 6.45) is 6.55. The van der Waals surface area contributed by atoms with E-state index >= 15 is 0 Å². The minimum absolute atomic E-state index is 0.0384. The zero-order valence-corrected chi connectivity index (χ0v) is 21.6. The van der Waals surface area contributed by atoms with Crippen molar-refractivity contribution in [1.29, 1.82) is 0 Å². The highest BCUT2D eigenvalue weighted by Crippen LogP contribution is 2.36. The van der Waals surface area contributed by atoms with Crippen LogP contribution < -0.4 is 4.74 Å². The van der Waals surface area contributed by atoms with Gasteiger partial charge in [0.2, 0.25) is 5.88 Å². The normalized spacial score (nSPS) is 18.8. The predicted molar refractivity (Wildman–Crippen MR) is 142 cm³/mol. The standard InChI is InChI=1S/C31H34N2O4/c1-20-16-26-18-32-29(20)37-15-5-3-4-6-22-7-9-24(10-8-22)30(34)33-14-13-23-11-12-25(17-27(23)19-33)28(26)21(2)31(35)36/h7-12,16-18,21,28H,3-6,13-15,19H2,1-2H3,(H,35,36)/t21-,28-/m1/s1. The summed E-state index contributed by atoms with van der Waals surface area (Å²) in [5.41, 5.74) is 6.92. The number of hydrogen-bond acceptors (Lipinski definition) is 4. The van der Waals surface area contributed by atoms with Crippen LogP contribution in [0.5, 0.6) is 5.88 Å². The quantitative estimate of drug-likeness (QED) is 0.501. The third kappa shape index (κ3) is 5.38. The molecule has 6 heteroatoms. The van der Waals surface area contributed by atoms with Gasteiger partial charge in [-0.25, -0.2) is 4.98 Å². The fraction of sp³-hybridized carbons (Fsp3) is 0.387. The number of aromatic nitrogens is 1. The number of hydrogen-bond donors (Lipinski definition) is 1. The van der Waals surface area contributed by atoms with Gasteiger partial charge >= 0.3 is 5.97 Å². The molecule has 0 aliphatic carbocycles. The molecule has 6 nitrogen and oxygen atoms in total. The van der Waals surface area contributed by atoms with Gasteiger partial charge in [0.25, 0.3) is 5.91 Å². The van der Waals surface area contributed by atoms with Gasteiger partial charge in [-0.2, -0.15) is 0 Å². The summed E-state index contributed by atoms with van der Waals surface area (Å²) in [4.78, 5) is 31.9. The van der Waals surface area contributed by atoms with E-state index in [0.717, 1.165) is 54.4 Å². The molecular formula is C31H34N2O4. The molecule has 0 saturated heterocycles. The van der Waals surface area contributed by atoms with E-state index in [1.54, 1.807) is 13.1 Å². The van der Waals surface area contributed by atoms with Crippen molar-refractivity contribution in [3.63, 3.8) is 0 Å². The molecule has 1 aromatic heterocycles. The number of carbonyl (C=O) groups is 2. The number of ether oxygens (including phenoxy) is 1. The molecular weight excluding hydrogens is 464 g/mol. The molecule has 0 spiro atoms. The van der Waals surface area contributed by atoms with E-state index in [9.17, 15) is 14.7 Å². The zero-order chi connectivity index (χ0) is 25.9. The van der Waals surface area contributed by atoms with Crippen molar-refractivity contribution in [2.24, 2.45) is 5.92 Å². The van der Waals surface area contributed by atoms with Gasteiger partial charge in [0.1, 0.15) is 0 Å². The molecule has 7 bridgehead atoms. The first-order valence-electron chi connectivity index (χ1n) is 13.2. The second-order valence-corrected chi connectivity index (χ2v) is 10.4. The Morgan fingerprint density at radius 1 is 1.03 bits per heavy atom. The Hall–Kier alpha value is -3.67. The molecule has 37 heavy (non-hydrogen) atoms. The zero-order valence-electron chi connectivity index (χ0n) is 21.6. The van der Waals surface area contributed by atoms with Crippen molar-refractivity contribution < 1.29 is 19.4 Å². The summed E-state index contributed by atoms with van der Waals surface area (Å²) in [6, 6.07) is 16.2. The molecule has 1 amide bonds. The van der Waals surface area contributed by atoms with Crippen molar-refractivity contribution >= 4 is 11.9 Å². The van der Waals surface area contributed by atoms with Gasteiger partial charge in [0, 0.05) is 36.3 Å². The summed E-state index contributed by atoms with van der Waals surface area (Å²) in [7, 11) is 0. The Morgan fingerprint density at radius 3 is 2.59 bits per heavy atom. The summed E-state index contributed by atoms with van der Waals surface area (Å²) >= 11 is 0. The molecule has 2 aromatic carbocycles. The maximum absolute atomic E-state index is 13.3. The smallest absolute Gasteiger partial charge is 0.307 e. The SMILES string of the molecule is Cc1cc2cnc1OCCCCCc1ccc(cc1)C(=O)N1CCc3ccc(cc3C1)[C@H]2[C@@H](C)C(=O)O. The minimum atomic E-state index is -0.855. The summed E-state index contributed by atoms with van der Waals surface area (Å²) in [5, 5.41) is 9.95. The Morgan fingerprint density at radius 2 is 1.84 bits per heavy atom. The monoisotopic (exact) mass is 498 g/mol. The fourth-order valence-electron chi connectivity index (χ4n) is 5.53. The predicted octanol–water partition coefficient (Wildman–Crippen LogP) is 5.55. The van der Waals surface area contributed by atoms with Crippen LogP contribution >= 0.6 is 0 Å². The highest BCUT2D eigenvalue weighted by Gasteiger charge is 2.30. The Kier molecular flexibility index (Phi) is 7.26. The number of carboxylic acids is 1. The summed E-state index contributed by atoms with van der Waals surface area (Å²) in [6.45, 7) is 5.49. The number of benzene rings is 2. The number of pyridine rings is 1. The molecule has 1 N–H and O–H groups in total. The van der Waals surface area contributed by atoms with E-state index in [4.69, 9.17) is 4.74 Å². The average molecular weight is 499 g/mol. The van der Waals surface area contributed by atoms with Crippen LogP contribution in [0.4, 0.5) is 0 Å². The molecule has 2 atom stereocenters. The topological polar surface area (TPSA) is 79.7 Å². The molecule has 5 aliphatic rings. The lowest BCUT2D eigenvalue weighted by Crippen LogP contribution is -2.36. The van der Waals surface area contributed by atoms with Crippen LogP contribution in [-0.2, 0) is 24.2 Å². The van der Waals surface area contributed by atoms with Crippen molar-refractivity contribution in [3.8, 4) is 5.88 Å². The molecule has 0 unspecified atom stereocenters. The maximum Gasteiger partial charge on any atom is 0.307 e. The van der Waals surface area contributed by atoms with Crippen molar-refractivity contribution in [3.05, 3.63) is 93.7 Å². The first-order chi connectivity index (χ1) is 17.9. The van der Waals surface area contributed by atoms with Gasteiger partial charge in [0.05, 0.1) is 12.5 Å². The first-order valence-corrected chi connectivity index (χ1v) is 13.2. The molecule has 192 valence electrons. The molecule has 3 aromatic rings. The van der Waals surface area contributed by atoms with Gasteiger partial charge < -0.3 is 14.7 Å². The molecule has 0 radical (unpaired) electrons. The second-order valence-electron chi connectivity index (χ2n) is 10.4. The third-order valence-corrected chi connectivity index (χ3v) is 7.74. The van der Waals surface area contributed by atoms with E-state index in [1.807, 2.05) is 36.1 Å². The van der Waals surface area contributed by atoms with Crippen LogP contribution in [0.2, 0.25) is 0 Å². The van der Waals surface area contributed by atoms with Gasteiger partial charge in [-0.1, -0.05) is 37.3 Å². The molecule has 5 aliphatic heterocycles. The molecule has 0 saturated carbocycles. The number of rotatable bonds is 2. The van der Waals surface area contributed by atoms with Gasteiger partial charge in [-0.3, -0.25) is 9.59 Å². The van der Waals surface area contributed by atoms with Crippen LogP contribution in [0.1, 0.15) is 75.8 Å². The second kappa shape index (κ2) is 10.8. The number of carboxylic acid groups (broad SMARTS) is 1. The third-order valence-electron chi connectivity index (χ3n) is 7.74. The van der Waals surface area contributed by atoms with Crippen molar-refractivity contribution in [2.75, 3.05) is 13.2 Å². The lowest BCUT2D eigenvalue weighted by molar-refractivity contribution is -0.141. The van der Waals surface area contributed by atoms with E-state index in [2.05, 4.69) is 29.2 Å². The lowest BCUT2D eigenvalue weighted by Gasteiger charge is -2.31. The summed E-state index contributed by atoms with van der Waals surface area (Å²) in [5.74, 6) is -1.22. The van der Waals surface area contributed by atoms with Crippen LogP contribution in [0.3, 0.4) is 0 Å². The van der Waals surface area contributed by atoms with Crippen LogP contribution in [-0.4, -0.2) is 40.0 Å². The first kappa shape index (κ1) is 25.0. The minimum Gasteiger partial charge on any atom is -0.481 e. The summed E-state index contributed by atoms with van der Waals surface area (Å²) < 4.78 is 5.97. The maximum atomic E-state index is 13.3. The van der Waals surface area contributed by atoms with E-state index in [-0.39, 0.29) is 11.8 Å². The van der Waals surface area contributed by atoms with Crippen molar-refractivity contribution in [1.82, 2.24) is 9.88 Å². The molecule has 6 heterocycles. The number of carbonyl (C=O) groups excluding carboxylic acids is 1. The average Bonchev–Trinajstić information content (AvgIpc) is 2.90. The van der Waals surface area contributed by atoms with Crippen LogP contribution in [0.15, 0.2) is 54.7 Å². The van der Waals surface area contributed by atoms with Crippen LogP contribution in [0, 0.1) is 12.8 Å². The number of nitrogens with zero attached hydrogens (tertiary/aromatic N) is 2. The van der Waals surface area contributed by atoms with E-state index in [1.165, 1.54) is 11.1 Å². The molecule has 8 rings (SSSR count). The Bertz CT molecular complexity index is 1300. The Balaban J connectivity index is 1.54. The van der Waals surface area contributed by atoms with E-state index < -0.39 is 11.9 Å². The highest BCUT2D eigenvalue weighted by atomic mass is 16.5. The van der Waals surface area contributed by atoms with Gasteiger partial charge in [0.15, 0.2) is 0 Å². The van der Waals surface area contributed by atoms with E-state index in [0.29, 0.717) is 31.1 Å². The number of amides is 1. The van der Waals surface area contributed by atoms with Crippen molar-refractivity contribution in [2.45, 2.75) is 58.4 Å². The Labute approximate surface area is 218 Å². The molecule has 0 fully saturated rings.